The van der Waals surface area contributed by atoms with Crippen molar-refractivity contribution in [2.24, 2.45) is 0 Å². The van der Waals surface area contributed by atoms with Crippen molar-refractivity contribution < 1.29 is 0 Å². The smallest absolute Gasteiger partial charge is 0.00301 e. The van der Waals surface area contributed by atoms with Gasteiger partial charge in [-0.25, -0.2) is 0 Å². The summed E-state index contributed by atoms with van der Waals surface area (Å²) < 4.78 is 0. The first-order chi connectivity index (χ1) is 10.5. The lowest BCUT2D eigenvalue weighted by molar-refractivity contribution is 1.45. The molecule has 0 heteroatoms. The van der Waals surface area contributed by atoms with Crippen LogP contribution in [-0.2, 0) is 0 Å². The summed E-state index contributed by atoms with van der Waals surface area (Å²) in [4.78, 5) is 0. The van der Waals surface area contributed by atoms with Crippen molar-refractivity contribution in [1.82, 2.24) is 0 Å². The topological polar surface area (TPSA) is 0 Å². The van der Waals surface area contributed by atoms with Crippen molar-refractivity contribution in [3.05, 3.63) is 70.1 Å². The van der Waals surface area contributed by atoms with Gasteiger partial charge in [0, 0.05) is 0 Å². The molecule has 3 aromatic carbocycles. The van der Waals surface area contributed by atoms with E-state index in [-0.39, 0.29) is 0 Å². The maximum absolute atomic E-state index is 4.31. The van der Waals surface area contributed by atoms with E-state index < -0.39 is 0 Å². The first kappa shape index (κ1) is 14.3. The fraction of sp³-hybridized carbons (Fsp3) is 0.0909. The van der Waals surface area contributed by atoms with Crippen molar-refractivity contribution in [2.75, 3.05) is 0 Å². The normalized spacial score (nSPS) is 11.0. The highest BCUT2D eigenvalue weighted by Crippen LogP contribution is 2.29. The summed E-state index contributed by atoms with van der Waals surface area (Å²) in [5, 5.41) is 6.69. The zero-order valence-electron chi connectivity index (χ0n) is 13.3. The molecule has 0 radical (unpaired) electrons. The Morgan fingerprint density at radius 2 is 1.05 bits per heavy atom. The molecule has 0 saturated carbocycles. The van der Waals surface area contributed by atoms with Crippen LogP contribution in [-0.4, -0.2) is 0 Å². The van der Waals surface area contributed by atoms with Gasteiger partial charge < -0.3 is 0 Å². The maximum atomic E-state index is 4.31. The average molecular weight is 284 g/mol. The minimum absolute atomic E-state index is 0.981. The average Bonchev–Trinajstić information content (AvgIpc) is 2.52. The summed E-state index contributed by atoms with van der Waals surface area (Å²) in [6.07, 6.45) is 3.83. The van der Waals surface area contributed by atoms with Crippen LogP contribution in [0.5, 0.6) is 0 Å². The monoisotopic (exact) mass is 284 g/mol. The fourth-order valence-electron chi connectivity index (χ4n) is 3.37. The van der Waals surface area contributed by atoms with Gasteiger partial charge >= 0.3 is 0 Å². The van der Waals surface area contributed by atoms with Crippen molar-refractivity contribution in [2.45, 2.75) is 13.8 Å². The number of rotatable bonds is 2. The molecule has 108 valence electrons. The molecular formula is C22H20. The van der Waals surface area contributed by atoms with Crippen LogP contribution in [0.2, 0.25) is 0 Å². The quantitative estimate of drug-likeness (QED) is 0.597. The Morgan fingerprint density at radius 1 is 0.682 bits per heavy atom. The highest BCUT2D eigenvalue weighted by molar-refractivity contribution is 6.12. The summed E-state index contributed by atoms with van der Waals surface area (Å²) in [5.74, 6) is 0. The van der Waals surface area contributed by atoms with E-state index in [0.29, 0.717) is 0 Å². The second-order valence-electron chi connectivity index (χ2n) is 5.80. The van der Waals surface area contributed by atoms with Gasteiger partial charge in [-0.15, -0.1) is 0 Å². The Morgan fingerprint density at radius 3 is 1.36 bits per heavy atom. The summed E-state index contributed by atoms with van der Waals surface area (Å²) in [6, 6.07) is 8.65. The third kappa shape index (κ3) is 1.77. The Balaban J connectivity index is 2.78. The van der Waals surface area contributed by atoms with Gasteiger partial charge in [-0.1, -0.05) is 62.7 Å². The van der Waals surface area contributed by atoms with Crippen LogP contribution in [0, 0.1) is 13.8 Å². The summed E-state index contributed by atoms with van der Waals surface area (Å²) in [5.41, 5.74) is 4.72. The maximum Gasteiger partial charge on any atom is -0.00301 e. The zero-order valence-corrected chi connectivity index (χ0v) is 13.3. The van der Waals surface area contributed by atoms with Gasteiger partial charge in [0.15, 0.2) is 0 Å². The minimum Gasteiger partial charge on any atom is -0.0984 e. The molecule has 3 rings (SSSR count). The summed E-state index contributed by atoms with van der Waals surface area (Å²) in [6.45, 7) is 20.8. The van der Waals surface area contributed by atoms with Crippen LogP contribution in [0.4, 0.5) is 0 Å². The molecule has 22 heavy (non-hydrogen) atoms. The van der Waals surface area contributed by atoms with Gasteiger partial charge in [-0.05, 0) is 68.1 Å². The molecule has 0 aliphatic carbocycles. The Hall–Kier alpha value is -2.60. The van der Waals surface area contributed by atoms with E-state index in [1.807, 2.05) is 12.2 Å². The number of aryl methyl sites for hydroxylation is 2. The Bertz CT molecular complexity index is 963. The molecule has 0 nitrogen and oxygen atoms in total. The molecule has 0 unspecified atom stereocenters. The molecule has 3 aromatic rings. The van der Waals surface area contributed by atoms with Crippen LogP contribution < -0.4 is 10.4 Å². The largest absolute Gasteiger partial charge is 0.0984 e. The number of hydrogen-bond donors (Lipinski definition) is 0. The third-order valence-electron chi connectivity index (χ3n) is 4.59. The van der Waals surface area contributed by atoms with E-state index in [1.165, 1.54) is 21.9 Å². The molecule has 0 atom stereocenters. The number of benzene rings is 3. The summed E-state index contributed by atoms with van der Waals surface area (Å²) in [7, 11) is 0. The lowest BCUT2D eigenvalue weighted by atomic mass is 9.89. The highest BCUT2D eigenvalue weighted by Gasteiger charge is 2.11. The predicted molar refractivity (Wildman–Crippen MR) is 101 cm³/mol. The van der Waals surface area contributed by atoms with Gasteiger partial charge in [0.05, 0.1) is 0 Å². The summed E-state index contributed by atoms with van der Waals surface area (Å²) >= 11 is 0. The van der Waals surface area contributed by atoms with E-state index in [2.05, 4.69) is 64.4 Å². The van der Waals surface area contributed by atoms with E-state index in [4.69, 9.17) is 0 Å². The van der Waals surface area contributed by atoms with E-state index in [1.54, 1.807) is 0 Å². The van der Waals surface area contributed by atoms with Crippen LogP contribution in [0.15, 0.2) is 37.4 Å². The Labute approximate surface area is 131 Å². The number of fused-ring (bicyclic) bond motifs is 3. The molecule has 0 aliphatic heterocycles. The standard InChI is InChI=1S/C22H20/c1-7-17-13(3)9-11-19-20-12-10-14(4)18(8-2)22(20)16(6)15(5)21(17)19/h7-12H,1-2,5-6H2,3-4H3. The second kappa shape index (κ2) is 4.99. The molecule has 0 amide bonds. The predicted octanol–water partition coefficient (Wildman–Crippen LogP) is 4.72. The van der Waals surface area contributed by atoms with E-state index >= 15 is 0 Å². The van der Waals surface area contributed by atoms with Gasteiger partial charge in [-0.3, -0.25) is 0 Å². The van der Waals surface area contributed by atoms with Gasteiger partial charge in [0.1, 0.15) is 0 Å². The first-order valence-corrected chi connectivity index (χ1v) is 7.42. The highest BCUT2D eigenvalue weighted by atomic mass is 14.1. The fourth-order valence-corrected chi connectivity index (χ4v) is 3.37. The third-order valence-corrected chi connectivity index (χ3v) is 4.59. The van der Waals surface area contributed by atoms with E-state index in [0.717, 1.165) is 32.3 Å². The number of hydrogen-bond acceptors (Lipinski definition) is 0. The van der Waals surface area contributed by atoms with Crippen LogP contribution in [0.1, 0.15) is 22.3 Å². The van der Waals surface area contributed by atoms with Gasteiger partial charge in [0.2, 0.25) is 0 Å². The van der Waals surface area contributed by atoms with Crippen LogP contribution in [0.3, 0.4) is 0 Å². The lowest BCUT2D eigenvalue weighted by Gasteiger charge is -2.14. The molecule has 0 N–H and O–H groups in total. The molecule has 0 fully saturated rings. The van der Waals surface area contributed by atoms with Crippen molar-refractivity contribution in [3.8, 4) is 0 Å². The molecule has 0 spiro atoms. The van der Waals surface area contributed by atoms with Crippen LogP contribution in [0.25, 0.3) is 46.9 Å². The van der Waals surface area contributed by atoms with Crippen molar-refractivity contribution >= 4 is 46.9 Å². The SMILES string of the molecule is C=Cc1c(C)ccc2c1c(=C)c(=C)c1c(C=C)c(C)ccc12. The molecule has 0 aromatic heterocycles. The van der Waals surface area contributed by atoms with E-state index in [9.17, 15) is 0 Å². The molecule has 0 saturated heterocycles. The van der Waals surface area contributed by atoms with Crippen molar-refractivity contribution in [3.63, 3.8) is 0 Å². The molecule has 0 aliphatic rings. The molecule has 0 bridgehead atoms. The molecule has 0 heterocycles. The first-order valence-electron chi connectivity index (χ1n) is 7.42. The van der Waals surface area contributed by atoms with Crippen molar-refractivity contribution in [1.29, 1.82) is 0 Å². The van der Waals surface area contributed by atoms with Gasteiger partial charge in [-0.2, -0.15) is 0 Å². The minimum atomic E-state index is 0.981. The molecular weight excluding hydrogens is 264 g/mol. The second-order valence-corrected chi connectivity index (χ2v) is 5.80. The lowest BCUT2D eigenvalue weighted by Crippen LogP contribution is -2.25. The zero-order chi connectivity index (χ0) is 16.0. The van der Waals surface area contributed by atoms with Crippen LogP contribution >= 0.6 is 0 Å². The van der Waals surface area contributed by atoms with Gasteiger partial charge in [0.25, 0.3) is 0 Å². The Kier molecular flexibility index (Phi) is 3.26.